The van der Waals surface area contributed by atoms with Gasteiger partial charge in [-0.1, -0.05) is 41.9 Å². The van der Waals surface area contributed by atoms with Crippen LogP contribution in [0.15, 0.2) is 65.6 Å². The van der Waals surface area contributed by atoms with Gasteiger partial charge in [0.25, 0.3) is 5.56 Å². The maximum atomic E-state index is 12.6. The number of hydrogen-bond acceptors (Lipinski definition) is 2. The van der Waals surface area contributed by atoms with E-state index in [1.807, 2.05) is 30.3 Å². The van der Waals surface area contributed by atoms with Crippen LogP contribution in [0.1, 0.15) is 22.8 Å². The van der Waals surface area contributed by atoms with Crippen LogP contribution in [0.5, 0.6) is 0 Å². The van der Waals surface area contributed by atoms with Crippen LogP contribution >= 0.6 is 11.6 Å². The molecule has 0 bridgehead atoms. The Balaban J connectivity index is 2.14. The molecule has 0 aliphatic rings. The molecule has 4 nitrogen and oxygen atoms in total. The molecule has 0 saturated heterocycles. The fourth-order valence-corrected chi connectivity index (χ4v) is 2.59. The first-order valence-electron chi connectivity index (χ1n) is 7.19. The zero-order chi connectivity index (χ0) is 16.4. The predicted octanol–water partition coefficient (Wildman–Crippen LogP) is 3.54. The smallest absolute Gasteiger partial charge is 0.282 e. The molecule has 0 atom stereocenters. The molecule has 1 aromatic heterocycles. The minimum absolute atomic E-state index is 0.177. The number of ketones is 1. The average Bonchev–Trinajstić information content (AvgIpc) is 2.86. The third-order valence-corrected chi connectivity index (χ3v) is 3.85. The average molecular weight is 327 g/mol. The van der Waals surface area contributed by atoms with Gasteiger partial charge in [-0.15, -0.1) is 0 Å². The summed E-state index contributed by atoms with van der Waals surface area (Å²) in [6.07, 6.45) is 1.60. The maximum absolute atomic E-state index is 12.6. The van der Waals surface area contributed by atoms with Crippen molar-refractivity contribution in [2.24, 2.45) is 0 Å². The Morgan fingerprint density at radius 3 is 2.30 bits per heavy atom. The van der Waals surface area contributed by atoms with Gasteiger partial charge in [0.05, 0.1) is 12.2 Å². The number of Topliss-reactive ketones (excluding diaryl/α,β-unsaturated/α-hetero) is 1. The van der Waals surface area contributed by atoms with E-state index in [2.05, 4.69) is 0 Å². The van der Waals surface area contributed by atoms with E-state index in [9.17, 15) is 9.59 Å². The molecule has 0 saturated carbocycles. The lowest BCUT2D eigenvalue weighted by Gasteiger charge is -2.11. The predicted molar refractivity (Wildman–Crippen MR) is 90.6 cm³/mol. The minimum atomic E-state index is -0.323. The zero-order valence-electron chi connectivity index (χ0n) is 12.6. The third-order valence-electron chi connectivity index (χ3n) is 3.60. The van der Waals surface area contributed by atoms with E-state index in [0.29, 0.717) is 17.3 Å². The molecule has 1 heterocycles. The van der Waals surface area contributed by atoms with Crippen molar-refractivity contribution in [2.75, 3.05) is 0 Å². The number of rotatable bonds is 4. The Morgan fingerprint density at radius 2 is 1.70 bits per heavy atom. The molecule has 0 spiro atoms. The number of aromatic nitrogens is 2. The topological polar surface area (TPSA) is 44.0 Å². The summed E-state index contributed by atoms with van der Waals surface area (Å²) in [6.45, 7) is 1.89. The van der Waals surface area contributed by atoms with Crippen molar-refractivity contribution in [1.82, 2.24) is 9.36 Å². The van der Waals surface area contributed by atoms with Crippen molar-refractivity contribution in [3.8, 4) is 5.69 Å². The second kappa shape index (κ2) is 6.26. The summed E-state index contributed by atoms with van der Waals surface area (Å²) in [5.74, 6) is -0.246. The van der Waals surface area contributed by atoms with E-state index < -0.39 is 0 Å². The summed E-state index contributed by atoms with van der Waals surface area (Å²) in [5.41, 5.74) is 1.56. The summed E-state index contributed by atoms with van der Waals surface area (Å²) in [5, 5.41) is 0.592. The zero-order valence-corrected chi connectivity index (χ0v) is 13.3. The monoisotopic (exact) mass is 326 g/mol. The standard InChI is InChI=1S/C18H15ClN2O2/c1-13(22)17-12-20(11-14-5-3-2-4-6-14)21(18(17)23)16-9-7-15(19)8-10-16/h2-10,12H,11H2,1H3. The first kappa shape index (κ1) is 15.3. The van der Waals surface area contributed by atoms with E-state index >= 15 is 0 Å². The summed E-state index contributed by atoms with van der Waals surface area (Å²) < 4.78 is 3.25. The van der Waals surface area contributed by atoms with Gasteiger partial charge >= 0.3 is 0 Å². The highest BCUT2D eigenvalue weighted by Crippen LogP contribution is 2.14. The first-order valence-corrected chi connectivity index (χ1v) is 7.57. The normalized spacial score (nSPS) is 10.7. The van der Waals surface area contributed by atoms with Crippen LogP contribution in [-0.4, -0.2) is 15.1 Å². The van der Waals surface area contributed by atoms with Gasteiger partial charge in [0.15, 0.2) is 5.78 Å². The van der Waals surface area contributed by atoms with Gasteiger partial charge in [-0.3, -0.25) is 14.3 Å². The van der Waals surface area contributed by atoms with Gasteiger partial charge in [0.1, 0.15) is 5.56 Å². The molecule has 0 radical (unpaired) electrons. The summed E-state index contributed by atoms with van der Waals surface area (Å²) in [4.78, 5) is 24.3. The Morgan fingerprint density at radius 1 is 1.04 bits per heavy atom. The molecule has 3 aromatic rings. The van der Waals surface area contributed by atoms with Crippen LogP contribution < -0.4 is 5.56 Å². The largest absolute Gasteiger partial charge is 0.294 e. The van der Waals surface area contributed by atoms with Crippen molar-refractivity contribution < 1.29 is 4.79 Å². The van der Waals surface area contributed by atoms with Gasteiger partial charge in [-0.05, 0) is 36.8 Å². The molecule has 0 aliphatic carbocycles. The Hall–Kier alpha value is -2.59. The fraction of sp³-hybridized carbons (Fsp3) is 0.111. The lowest BCUT2D eigenvalue weighted by Crippen LogP contribution is -2.23. The lowest BCUT2D eigenvalue weighted by molar-refractivity contribution is 0.101. The Bertz CT molecular complexity index is 893. The van der Waals surface area contributed by atoms with Gasteiger partial charge in [0, 0.05) is 11.2 Å². The molecule has 3 rings (SSSR count). The van der Waals surface area contributed by atoms with Crippen molar-refractivity contribution >= 4 is 17.4 Å². The van der Waals surface area contributed by atoms with Crippen molar-refractivity contribution in [3.63, 3.8) is 0 Å². The SMILES string of the molecule is CC(=O)c1cn(Cc2ccccc2)n(-c2ccc(Cl)cc2)c1=O. The van der Waals surface area contributed by atoms with Crippen molar-refractivity contribution in [2.45, 2.75) is 13.5 Å². The summed E-state index contributed by atoms with van der Waals surface area (Å²) in [7, 11) is 0. The number of halogens is 1. The third kappa shape index (κ3) is 3.12. The quantitative estimate of drug-likeness (QED) is 0.688. The van der Waals surface area contributed by atoms with Crippen molar-refractivity contribution in [1.29, 1.82) is 0 Å². The lowest BCUT2D eigenvalue weighted by atomic mass is 10.2. The van der Waals surface area contributed by atoms with E-state index in [0.717, 1.165) is 5.56 Å². The van der Waals surface area contributed by atoms with E-state index in [-0.39, 0.29) is 16.9 Å². The van der Waals surface area contributed by atoms with Crippen LogP contribution in [0.2, 0.25) is 5.02 Å². The molecule has 5 heteroatoms. The first-order chi connectivity index (χ1) is 11.1. The minimum Gasteiger partial charge on any atom is -0.294 e. The van der Waals surface area contributed by atoms with E-state index in [1.165, 1.54) is 11.6 Å². The second-order valence-corrected chi connectivity index (χ2v) is 5.71. The summed E-state index contributed by atoms with van der Waals surface area (Å²) in [6, 6.07) is 16.7. The molecule has 0 N–H and O–H groups in total. The highest BCUT2D eigenvalue weighted by Gasteiger charge is 2.16. The number of carbonyl (C=O) groups excluding carboxylic acids is 1. The van der Waals surface area contributed by atoms with Gasteiger partial charge in [-0.25, -0.2) is 4.68 Å². The molecule has 0 aliphatic heterocycles. The molecular formula is C18H15ClN2O2. The van der Waals surface area contributed by atoms with Gasteiger partial charge in [-0.2, -0.15) is 0 Å². The molecule has 116 valence electrons. The Kier molecular flexibility index (Phi) is 4.17. The number of carbonyl (C=O) groups is 1. The highest BCUT2D eigenvalue weighted by atomic mass is 35.5. The van der Waals surface area contributed by atoms with Crippen LogP contribution in [0.3, 0.4) is 0 Å². The van der Waals surface area contributed by atoms with Gasteiger partial charge in [0.2, 0.25) is 0 Å². The number of hydrogen-bond donors (Lipinski definition) is 0. The van der Waals surface area contributed by atoms with Crippen LogP contribution in [-0.2, 0) is 6.54 Å². The molecular weight excluding hydrogens is 312 g/mol. The Labute approximate surface area is 138 Å². The van der Waals surface area contributed by atoms with E-state index in [1.54, 1.807) is 35.1 Å². The number of nitrogens with zero attached hydrogens (tertiary/aromatic N) is 2. The maximum Gasteiger partial charge on any atom is 0.282 e. The molecule has 23 heavy (non-hydrogen) atoms. The molecule has 0 amide bonds. The number of benzene rings is 2. The molecule has 0 fully saturated rings. The van der Waals surface area contributed by atoms with Crippen LogP contribution in [0.25, 0.3) is 5.69 Å². The van der Waals surface area contributed by atoms with Crippen LogP contribution in [0, 0.1) is 0 Å². The van der Waals surface area contributed by atoms with Crippen LogP contribution in [0.4, 0.5) is 0 Å². The summed E-state index contributed by atoms with van der Waals surface area (Å²) >= 11 is 5.92. The van der Waals surface area contributed by atoms with Gasteiger partial charge < -0.3 is 0 Å². The fourth-order valence-electron chi connectivity index (χ4n) is 2.47. The van der Waals surface area contributed by atoms with E-state index in [4.69, 9.17) is 11.6 Å². The second-order valence-electron chi connectivity index (χ2n) is 5.28. The molecule has 2 aromatic carbocycles. The van der Waals surface area contributed by atoms with Crippen molar-refractivity contribution in [3.05, 3.63) is 87.3 Å². The molecule has 0 unspecified atom stereocenters. The highest BCUT2D eigenvalue weighted by molar-refractivity contribution is 6.30.